The van der Waals surface area contributed by atoms with Gasteiger partial charge in [-0.15, -0.1) is 0 Å². The van der Waals surface area contributed by atoms with Crippen LogP contribution in [0.15, 0.2) is 18.2 Å². The minimum Gasteiger partial charge on any atom is -0.461 e. The minimum atomic E-state index is -0.278. The fraction of sp³-hybridized carbons (Fsp3) is 0.579. The van der Waals surface area contributed by atoms with E-state index in [4.69, 9.17) is 4.74 Å². The number of hydrogen-bond acceptors (Lipinski definition) is 3. The monoisotopic (exact) mass is 391 g/mol. The van der Waals surface area contributed by atoms with Crippen molar-refractivity contribution in [2.75, 3.05) is 5.32 Å². The van der Waals surface area contributed by atoms with Gasteiger partial charge in [-0.25, -0.2) is 0 Å². The van der Waals surface area contributed by atoms with Gasteiger partial charge >= 0.3 is 5.97 Å². The first-order chi connectivity index (χ1) is 11.6. The summed E-state index contributed by atoms with van der Waals surface area (Å²) < 4.78 is 5.51. The largest absolute Gasteiger partial charge is 0.461 e. The average molecular weight is 392 g/mol. The number of amides is 1. The summed E-state index contributed by atoms with van der Waals surface area (Å²) in [7, 11) is 0. The Morgan fingerprint density at radius 3 is 2.54 bits per heavy atom. The zero-order valence-electron chi connectivity index (χ0n) is 13.9. The molecule has 2 bridgehead atoms. The quantitative estimate of drug-likeness (QED) is 0.632. The van der Waals surface area contributed by atoms with Gasteiger partial charge in [-0.3, -0.25) is 9.59 Å². The summed E-state index contributed by atoms with van der Waals surface area (Å²) in [4.78, 5) is 25.4. The second-order valence-corrected chi connectivity index (χ2v) is 8.17. The van der Waals surface area contributed by atoms with Crippen molar-refractivity contribution in [3.05, 3.63) is 29.3 Å². The SMILES string of the molecule is CCc1cccc(CC)c1NC(=O)[C@@H]1[C@H]2C[C@H]3[C@H](OC(=O)[C@@H]31)[C@H]2Br. The maximum atomic E-state index is 13.1. The molecule has 2 aliphatic carbocycles. The number of fused-ring (bicyclic) bond motifs is 1. The number of ether oxygens (including phenoxy) is 1. The number of halogens is 1. The Morgan fingerprint density at radius 2 is 1.92 bits per heavy atom. The van der Waals surface area contributed by atoms with Gasteiger partial charge in [0.1, 0.15) is 6.10 Å². The molecular formula is C19H22BrNO3. The van der Waals surface area contributed by atoms with Gasteiger partial charge in [-0.1, -0.05) is 48.0 Å². The molecule has 1 aromatic rings. The van der Waals surface area contributed by atoms with E-state index in [0.717, 1.165) is 36.1 Å². The molecule has 4 nitrogen and oxygen atoms in total. The van der Waals surface area contributed by atoms with Crippen LogP contribution in [0.2, 0.25) is 0 Å². The van der Waals surface area contributed by atoms with E-state index >= 15 is 0 Å². The first kappa shape index (κ1) is 16.1. The van der Waals surface area contributed by atoms with Crippen molar-refractivity contribution in [3.63, 3.8) is 0 Å². The highest BCUT2D eigenvalue weighted by Gasteiger charge is 2.67. The molecule has 1 heterocycles. The summed E-state index contributed by atoms with van der Waals surface area (Å²) in [5, 5.41) is 3.16. The van der Waals surface area contributed by atoms with Crippen molar-refractivity contribution in [1.29, 1.82) is 0 Å². The van der Waals surface area contributed by atoms with Gasteiger partial charge in [0.15, 0.2) is 0 Å². The third-order valence-electron chi connectivity index (χ3n) is 6.07. The van der Waals surface area contributed by atoms with Gasteiger partial charge in [0.25, 0.3) is 0 Å². The molecule has 1 amide bonds. The van der Waals surface area contributed by atoms with Gasteiger partial charge in [-0.2, -0.15) is 0 Å². The summed E-state index contributed by atoms with van der Waals surface area (Å²) >= 11 is 3.67. The Bertz CT molecular complexity index is 682. The number of alkyl halides is 1. The molecule has 128 valence electrons. The standard InChI is InChI=1S/C19H22BrNO3/c1-3-9-6-5-7-10(4-2)16(9)21-18(22)13-11-8-12-14(13)19(23)24-17(12)15(11)20/h5-7,11-15,17H,3-4,8H2,1-2H3,(H,21,22)/t11-,12-,13-,14+,15+,17+/m1/s1. The summed E-state index contributed by atoms with van der Waals surface area (Å²) in [6.45, 7) is 4.19. The van der Waals surface area contributed by atoms with Gasteiger partial charge in [0.05, 0.1) is 16.7 Å². The molecule has 3 fully saturated rings. The number of anilines is 1. The van der Waals surface area contributed by atoms with E-state index in [-0.39, 0.29) is 46.5 Å². The van der Waals surface area contributed by atoms with Crippen LogP contribution >= 0.6 is 15.9 Å². The van der Waals surface area contributed by atoms with E-state index in [1.54, 1.807) is 0 Å². The van der Waals surface area contributed by atoms with E-state index in [9.17, 15) is 9.59 Å². The second-order valence-electron chi connectivity index (χ2n) is 7.11. The minimum absolute atomic E-state index is 0.0233. The molecule has 6 atom stereocenters. The van der Waals surface area contributed by atoms with Gasteiger partial charge < -0.3 is 10.1 Å². The van der Waals surface area contributed by atoms with Crippen molar-refractivity contribution < 1.29 is 14.3 Å². The summed E-state index contributed by atoms with van der Waals surface area (Å²) in [6, 6.07) is 6.16. The van der Waals surface area contributed by atoms with Crippen LogP contribution in [0.3, 0.4) is 0 Å². The van der Waals surface area contributed by atoms with Gasteiger partial charge in [-0.05, 0) is 36.3 Å². The van der Waals surface area contributed by atoms with Crippen LogP contribution in [0.1, 0.15) is 31.4 Å². The number of para-hydroxylation sites is 1. The number of carbonyl (C=O) groups is 2. The third-order valence-corrected chi connectivity index (χ3v) is 7.27. The third kappa shape index (κ3) is 2.17. The molecule has 5 heteroatoms. The van der Waals surface area contributed by atoms with E-state index in [1.165, 1.54) is 0 Å². The zero-order valence-corrected chi connectivity index (χ0v) is 15.5. The molecule has 0 spiro atoms. The Morgan fingerprint density at radius 1 is 1.25 bits per heavy atom. The van der Waals surface area contributed by atoms with Crippen LogP contribution in [0.5, 0.6) is 0 Å². The molecule has 24 heavy (non-hydrogen) atoms. The van der Waals surface area contributed by atoms with E-state index in [0.29, 0.717) is 0 Å². The summed E-state index contributed by atoms with van der Waals surface area (Å²) in [5.74, 6) is -0.350. The predicted molar refractivity (Wildman–Crippen MR) is 95.0 cm³/mol. The highest BCUT2D eigenvalue weighted by Crippen LogP contribution is 2.60. The zero-order chi connectivity index (χ0) is 17.0. The van der Waals surface area contributed by atoms with Crippen molar-refractivity contribution in [2.24, 2.45) is 23.7 Å². The van der Waals surface area contributed by atoms with Crippen molar-refractivity contribution in [3.8, 4) is 0 Å². The van der Waals surface area contributed by atoms with Crippen LogP contribution in [-0.2, 0) is 27.2 Å². The van der Waals surface area contributed by atoms with E-state index < -0.39 is 0 Å². The maximum Gasteiger partial charge on any atom is 0.310 e. The van der Waals surface area contributed by atoms with Crippen LogP contribution in [0.4, 0.5) is 5.69 Å². The lowest BCUT2D eigenvalue weighted by molar-refractivity contribution is -0.145. The number of carbonyl (C=O) groups excluding carboxylic acids is 2. The number of benzene rings is 1. The Labute approximate surface area is 150 Å². The molecular weight excluding hydrogens is 370 g/mol. The smallest absolute Gasteiger partial charge is 0.310 e. The fourth-order valence-corrected chi connectivity index (χ4v) is 5.98. The molecule has 1 N–H and O–H groups in total. The Kier molecular flexibility index (Phi) is 3.94. The molecule has 0 unspecified atom stereocenters. The van der Waals surface area contributed by atoms with Crippen LogP contribution in [0.25, 0.3) is 0 Å². The molecule has 1 aliphatic heterocycles. The van der Waals surface area contributed by atoms with Crippen molar-refractivity contribution in [2.45, 2.75) is 44.0 Å². The second kappa shape index (κ2) is 5.87. The Balaban J connectivity index is 1.63. The topological polar surface area (TPSA) is 55.4 Å². The van der Waals surface area contributed by atoms with Crippen LogP contribution < -0.4 is 5.32 Å². The first-order valence-corrected chi connectivity index (χ1v) is 9.74. The molecule has 3 aliphatic rings. The van der Waals surface area contributed by atoms with Gasteiger partial charge in [0.2, 0.25) is 5.91 Å². The van der Waals surface area contributed by atoms with Crippen LogP contribution in [-0.4, -0.2) is 22.8 Å². The normalized spacial score (nSPS) is 36.0. The van der Waals surface area contributed by atoms with Crippen LogP contribution in [0, 0.1) is 23.7 Å². The lowest BCUT2D eigenvalue weighted by Gasteiger charge is -2.28. The number of aryl methyl sites for hydroxylation is 2. The molecule has 1 saturated heterocycles. The maximum absolute atomic E-state index is 13.1. The average Bonchev–Trinajstić information content (AvgIpc) is 3.19. The summed E-state index contributed by atoms with van der Waals surface area (Å²) in [5.41, 5.74) is 3.23. The molecule has 1 aromatic carbocycles. The van der Waals surface area contributed by atoms with Gasteiger partial charge in [0, 0.05) is 11.6 Å². The lowest BCUT2D eigenvalue weighted by Crippen LogP contribution is -2.40. The molecule has 0 radical (unpaired) electrons. The molecule has 4 rings (SSSR count). The number of rotatable bonds is 4. The van der Waals surface area contributed by atoms with E-state index in [2.05, 4.69) is 47.2 Å². The highest BCUT2D eigenvalue weighted by molar-refractivity contribution is 9.09. The molecule has 2 saturated carbocycles. The number of nitrogens with one attached hydrogen (secondary N) is 1. The number of esters is 1. The fourth-order valence-electron chi connectivity index (χ4n) is 4.94. The van der Waals surface area contributed by atoms with Crippen molar-refractivity contribution >= 4 is 33.5 Å². The van der Waals surface area contributed by atoms with Crippen molar-refractivity contribution in [1.82, 2.24) is 0 Å². The Hall–Kier alpha value is -1.36. The summed E-state index contributed by atoms with van der Waals surface area (Å²) in [6.07, 6.45) is 2.61. The predicted octanol–water partition coefficient (Wildman–Crippen LogP) is 3.32. The highest BCUT2D eigenvalue weighted by atomic mass is 79.9. The first-order valence-electron chi connectivity index (χ1n) is 8.83. The number of hydrogen-bond donors (Lipinski definition) is 1. The lowest BCUT2D eigenvalue weighted by atomic mass is 9.79. The van der Waals surface area contributed by atoms with E-state index in [1.807, 2.05) is 6.07 Å². The molecule has 0 aromatic heterocycles.